The van der Waals surface area contributed by atoms with E-state index in [2.05, 4.69) is 15.4 Å². The number of aromatic nitrogens is 3. The monoisotopic (exact) mass is 427 g/mol. The van der Waals surface area contributed by atoms with E-state index >= 15 is 0 Å². The predicted molar refractivity (Wildman–Crippen MR) is 103 cm³/mol. The minimum absolute atomic E-state index is 0.0206. The molecule has 0 spiro atoms. The van der Waals surface area contributed by atoms with E-state index in [0.717, 1.165) is 10.7 Å². The molecule has 12 heteroatoms. The van der Waals surface area contributed by atoms with Crippen molar-refractivity contribution in [1.29, 1.82) is 0 Å². The molecule has 0 aromatic carbocycles. The summed E-state index contributed by atoms with van der Waals surface area (Å²) < 4.78 is 0. The number of aromatic amines is 1. The molecule has 2 aliphatic rings. The van der Waals surface area contributed by atoms with Gasteiger partial charge in [0.05, 0.1) is 11.6 Å². The highest BCUT2D eigenvalue weighted by Gasteiger charge is 2.51. The number of aliphatic carboxylic acids is 2. The van der Waals surface area contributed by atoms with Crippen molar-refractivity contribution in [3.05, 3.63) is 17.0 Å². The maximum atomic E-state index is 12.0. The molecule has 0 bridgehead atoms. The summed E-state index contributed by atoms with van der Waals surface area (Å²) in [6, 6.07) is -0.648. The molecule has 1 aromatic rings. The second kappa shape index (κ2) is 8.53. The number of thioether (sulfide) groups is 2. The summed E-state index contributed by atoms with van der Waals surface area (Å²) in [4.78, 5) is 35.8. The number of carbonyl (C=O) groups is 3. The van der Waals surface area contributed by atoms with Gasteiger partial charge in [0, 0.05) is 11.5 Å². The molecule has 5 N–H and O–H groups in total. The van der Waals surface area contributed by atoms with Crippen LogP contribution in [0.1, 0.15) is 25.5 Å². The smallest absolute Gasteiger partial charge is 0.352 e. The number of amides is 1. The molecule has 10 nitrogen and oxygen atoms in total. The lowest BCUT2D eigenvalue weighted by atomic mass is 10.0. The third kappa shape index (κ3) is 4.03. The van der Waals surface area contributed by atoms with Crippen molar-refractivity contribution in [1.82, 2.24) is 20.3 Å². The second-order valence-corrected chi connectivity index (χ2v) is 8.79. The molecule has 1 amide bonds. The number of carboxylic acids is 2. The summed E-state index contributed by atoms with van der Waals surface area (Å²) in [5, 5.41) is 29.6. The maximum Gasteiger partial charge on any atom is 0.352 e. The van der Waals surface area contributed by atoms with Gasteiger partial charge in [-0.1, -0.05) is 12.1 Å². The number of carbonyl (C=O) groups excluding carboxylic acids is 1. The number of aryl methyl sites for hydroxylation is 1. The van der Waals surface area contributed by atoms with Crippen molar-refractivity contribution in [3.8, 4) is 0 Å². The maximum absolute atomic E-state index is 12.0. The fourth-order valence-electron chi connectivity index (χ4n) is 3.07. The number of β-lactam (4-membered cyclic amide) rings is 1. The molecule has 2 aliphatic heterocycles. The molecule has 28 heavy (non-hydrogen) atoms. The van der Waals surface area contributed by atoms with E-state index in [1.165, 1.54) is 28.4 Å². The van der Waals surface area contributed by atoms with Gasteiger partial charge in [0.2, 0.25) is 5.91 Å². The van der Waals surface area contributed by atoms with Gasteiger partial charge in [-0.25, -0.2) is 4.79 Å². The van der Waals surface area contributed by atoms with Gasteiger partial charge in [-0.2, -0.15) is 0 Å². The summed E-state index contributed by atoms with van der Waals surface area (Å²) in [5.74, 6) is -1.87. The van der Waals surface area contributed by atoms with Gasteiger partial charge in [-0.3, -0.25) is 19.6 Å². The fraction of sp³-hybridized carbons (Fsp3) is 0.562. The standard InChI is InChI=1S/C16H21N5O5S2/c1-7(15(23)24)3-2-4-9-12(19-20-18-9)27-5-8-6-28-14-10(17)13(22)21(14)11(8)16(25)26/h7,10,14H,2-6,17H2,1H3,(H,23,24)(H,25,26)(H,18,19,20)/t7?,10?,14-/m1/s1. The first kappa shape index (κ1) is 20.7. The van der Waals surface area contributed by atoms with Crippen LogP contribution >= 0.6 is 23.5 Å². The summed E-state index contributed by atoms with van der Waals surface area (Å²) in [7, 11) is 0. The number of nitrogens with zero attached hydrogens (tertiary/aromatic N) is 3. The van der Waals surface area contributed by atoms with Crippen molar-refractivity contribution in [2.24, 2.45) is 11.7 Å². The van der Waals surface area contributed by atoms with Crippen molar-refractivity contribution >= 4 is 41.4 Å². The SMILES string of the molecule is CC(CCCc1nn[nH]c1SCC1=C(C(=O)O)N2C(=O)C(N)[C@H]2SC1)C(=O)O. The van der Waals surface area contributed by atoms with Gasteiger partial charge in [-0.15, -0.1) is 28.6 Å². The highest BCUT2D eigenvalue weighted by Crippen LogP contribution is 2.40. The molecular formula is C16H21N5O5S2. The summed E-state index contributed by atoms with van der Waals surface area (Å²) in [6.07, 6.45) is 1.78. The van der Waals surface area contributed by atoms with Crippen LogP contribution in [-0.4, -0.2) is 71.3 Å². The Labute approximate surface area is 169 Å². The van der Waals surface area contributed by atoms with E-state index in [4.69, 9.17) is 10.8 Å². The van der Waals surface area contributed by atoms with Gasteiger partial charge in [0.15, 0.2) is 0 Å². The molecule has 0 aliphatic carbocycles. The van der Waals surface area contributed by atoms with Gasteiger partial charge < -0.3 is 15.9 Å². The Hall–Kier alpha value is -2.05. The Morgan fingerprint density at radius 2 is 2.21 bits per heavy atom. The molecule has 152 valence electrons. The van der Waals surface area contributed by atoms with Crippen LogP contribution < -0.4 is 5.73 Å². The molecule has 3 heterocycles. The van der Waals surface area contributed by atoms with Crippen molar-refractivity contribution in [3.63, 3.8) is 0 Å². The van der Waals surface area contributed by atoms with Gasteiger partial charge in [0.1, 0.15) is 22.1 Å². The number of fused-ring (bicyclic) bond motifs is 1. The third-order valence-electron chi connectivity index (χ3n) is 4.74. The van der Waals surface area contributed by atoms with E-state index < -0.39 is 23.9 Å². The summed E-state index contributed by atoms with van der Waals surface area (Å²) >= 11 is 2.84. The number of H-pyrrole nitrogens is 1. The largest absolute Gasteiger partial charge is 0.481 e. The molecule has 1 aromatic heterocycles. The van der Waals surface area contributed by atoms with E-state index in [9.17, 15) is 19.5 Å². The van der Waals surface area contributed by atoms with Crippen LogP contribution in [0.25, 0.3) is 0 Å². The summed E-state index contributed by atoms with van der Waals surface area (Å²) in [5.41, 5.74) is 7.15. The minimum Gasteiger partial charge on any atom is -0.481 e. The Kier molecular flexibility index (Phi) is 6.30. The van der Waals surface area contributed by atoms with Crippen LogP contribution in [0.5, 0.6) is 0 Å². The van der Waals surface area contributed by atoms with E-state index in [1.807, 2.05) is 0 Å². The highest BCUT2D eigenvalue weighted by molar-refractivity contribution is 8.01. The van der Waals surface area contributed by atoms with E-state index in [0.29, 0.717) is 36.3 Å². The Balaban J connectivity index is 1.64. The zero-order valence-corrected chi connectivity index (χ0v) is 16.8. The molecule has 1 saturated heterocycles. The minimum atomic E-state index is -1.13. The normalized spacial score (nSPS) is 22.6. The average molecular weight is 428 g/mol. The molecule has 3 atom stereocenters. The number of carboxylic acid groups (broad SMARTS) is 2. The van der Waals surface area contributed by atoms with Gasteiger partial charge in [-0.05, 0) is 24.8 Å². The first-order chi connectivity index (χ1) is 13.3. The lowest BCUT2D eigenvalue weighted by Gasteiger charge is -2.48. The zero-order valence-electron chi connectivity index (χ0n) is 15.1. The van der Waals surface area contributed by atoms with Gasteiger partial charge in [0.25, 0.3) is 0 Å². The van der Waals surface area contributed by atoms with Crippen LogP contribution in [-0.2, 0) is 20.8 Å². The van der Waals surface area contributed by atoms with Crippen LogP contribution in [0.2, 0.25) is 0 Å². The van der Waals surface area contributed by atoms with E-state index in [-0.39, 0.29) is 17.0 Å². The first-order valence-corrected chi connectivity index (χ1v) is 10.8. The summed E-state index contributed by atoms with van der Waals surface area (Å²) in [6.45, 7) is 1.66. The van der Waals surface area contributed by atoms with Crippen molar-refractivity contribution in [2.45, 2.75) is 42.6 Å². The van der Waals surface area contributed by atoms with Crippen LogP contribution in [0.4, 0.5) is 0 Å². The van der Waals surface area contributed by atoms with Crippen LogP contribution in [0.15, 0.2) is 16.3 Å². The zero-order chi connectivity index (χ0) is 20.4. The fourth-order valence-corrected chi connectivity index (χ4v) is 5.46. The molecule has 2 unspecified atom stereocenters. The Morgan fingerprint density at radius 3 is 2.89 bits per heavy atom. The number of nitrogens with two attached hydrogens (primary N) is 1. The molecule has 1 fully saturated rings. The molecule has 0 saturated carbocycles. The molecule has 0 radical (unpaired) electrons. The molecule has 3 rings (SSSR count). The average Bonchev–Trinajstić information content (AvgIpc) is 3.11. The lowest BCUT2D eigenvalue weighted by molar-refractivity contribution is -0.147. The second-order valence-electron chi connectivity index (χ2n) is 6.70. The van der Waals surface area contributed by atoms with Crippen LogP contribution in [0.3, 0.4) is 0 Å². The quantitative estimate of drug-likeness (QED) is 0.323. The van der Waals surface area contributed by atoms with Gasteiger partial charge >= 0.3 is 11.9 Å². The Morgan fingerprint density at radius 1 is 1.46 bits per heavy atom. The van der Waals surface area contributed by atoms with E-state index in [1.54, 1.807) is 6.92 Å². The third-order valence-corrected chi connectivity index (χ3v) is 7.21. The topological polar surface area (TPSA) is 162 Å². The van der Waals surface area contributed by atoms with Crippen molar-refractivity contribution in [2.75, 3.05) is 11.5 Å². The predicted octanol–water partition coefficient (Wildman–Crippen LogP) is 0.521. The molecular weight excluding hydrogens is 406 g/mol. The number of hydrogen-bond acceptors (Lipinski definition) is 8. The Bertz CT molecular complexity index is 826. The highest BCUT2D eigenvalue weighted by atomic mass is 32.2. The number of rotatable bonds is 9. The lowest BCUT2D eigenvalue weighted by Crippen LogP contribution is -2.68. The number of hydrogen-bond donors (Lipinski definition) is 4. The van der Waals surface area contributed by atoms with Crippen LogP contribution in [0, 0.1) is 5.92 Å². The van der Waals surface area contributed by atoms with Crippen molar-refractivity contribution < 1.29 is 24.6 Å². The first-order valence-electron chi connectivity index (χ1n) is 8.72. The number of nitrogens with one attached hydrogen (secondary N) is 1.